The number of hydrogen-bond donors (Lipinski definition) is 1. The number of benzene rings is 1. The van der Waals surface area contributed by atoms with Crippen LogP contribution >= 0.6 is 11.3 Å². The van der Waals surface area contributed by atoms with E-state index in [0.717, 1.165) is 41.9 Å². The average molecular weight is 277 g/mol. The zero-order valence-electron chi connectivity index (χ0n) is 11.3. The van der Waals surface area contributed by atoms with Crippen molar-refractivity contribution in [3.05, 3.63) is 34.8 Å². The van der Waals surface area contributed by atoms with Gasteiger partial charge < -0.3 is 10.1 Å². The van der Waals surface area contributed by atoms with Crippen LogP contribution in [-0.4, -0.2) is 16.8 Å². The van der Waals surface area contributed by atoms with Crippen LogP contribution in [-0.2, 0) is 13.0 Å². The summed E-state index contributed by atoms with van der Waals surface area (Å²) in [5.41, 5.74) is 1.21. The van der Waals surface area contributed by atoms with Crippen LogP contribution in [0.2, 0.25) is 0 Å². The van der Waals surface area contributed by atoms with Crippen molar-refractivity contribution >= 4 is 16.5 Å². The minimum absolute atomic E-state index is 0.756. The second-order valence-electron chi connectivity index (χ2n) is 4.20. The summed E-state index contributed by atoms with van der Waals surface area (Å²) in [7, 11) is 0. The Balaban J connectivity index is 1.85. The van der Waals surface area contributed by atoms with Gasteiger partial charge >= 0.3 is 0 Å². The fraction of sp³-hybridized carbons (Fsp3) is 0.429. The van der Waals surface area contributed by atoms with E-state index in [2.05, 4.69) is 41.5 Å². The van der Waals surface area contributed by atoms with Crippen LogP contribution in [0.3, 0.4) is 0 Å². The normalized spacial score (nSPS) is 10.4. The van der Waals surface area contributed by atoms with Crippen molar-refractivity contribution in [3.63, 3.8) is 0 Å². The molecule has 4 nitrogen and oxygen atoms in total. The Morgan fingerprint density at radius 1 is 1.16 bits per heavy atom. The van der Waals surface area contributed by atoms with Crippen LogP contribution in [0.15, 0.2) is 24.3 Å². The Kier molecular flexibility index (Phi) is 5.15. The lowest BCUT2D eigenvalue weighted by molar-refractivity contribution is 0.317. The lowest BCUT2D eigenvalue weighted by atomic mass is 10.2. The van der Waals surface area contributed by atoms with Gasteiger partial charge in [-0.25, -0.2) is 0 Å². The third kappa shape index (κ3) is 4.21. The molecular weight excluding hydrogens is 258 g/mol. The summed E-state index contributed by atoms with van der Waals surface area (Å²) >= 11 is 1.61. The Labute approximate surface area is 117 Å². The molecule has 1 N–H and O–H groups in total. The molecule has 1 heterocycles. The number of aromatic nitrogens is 2. The van der Waals surface area contributed by atoms with E-state index >= 15 is 0 Å². The summed E-state index contributed by atoms with van der Waals surface area (Å²) in [5, 5.41) is 13.4. The van der Waals surface area contributed by atoms with Crippen LogP contribution in [0.4, 0.5) is 5.13 Å². The van der Waals surface area contributed by atoms with Crippen molar-refractivity contribution in [3.8, 4) is 5.75 Å². The highest BCUT2D eigenvalue weighted by atomic mass is 32.1. The Morgan fingerprint density at radius 3 is 2.58 bits per heavy atom. The first-order valence-corrected chi connectivity index (χ1v) is 7.41. The molecule has 1 aromatic carbocycles. The monoisotopic (exact) mass is 277 g/mol. The van der Waals surface area contributed by atoms with Crippen LogP contribution in [0.5, 0.6) is 5.75 Å². The van der Waals surface area contributed by atoms with E-state index in [0.29, 0.717) is 0 Å². The van der Waals surface area contributed by atoms with Crippen molar-refractivity contribution in [2.24, 2.45) is 0 Å². The standard InChI is InChI=1S/C14H19N3OS/c1-3-9-18-12-7-5-11(6-8-12)10-15-14-17-16-13(4-2)19-14/h5-8H,3-4,9-10H2,1-2H3,(H,15,17). The second kappa shape index (κ2) is 7.09. The predicted octanol–water partition coefficient (Wildman–Crippen LogP) is 3.50. The maximum atomic E-state index is 5.55. The predicted molar refractivity (Wildman–Crippen MR) is 78.8 cm³/mol. The first-order chi connectivity index (χ1) is 9.31. The number of anilines is 1. The summed E-state index contributed by atoms with van der Waals surface area (Å²) in [4.78, 5) is 0. The maximum Gasteiger partial charge on any atom is 0.205 e. The minimum Gasteiger partial charge on any atom is -0.494 e. The molecule has 0 fully saturated rings. The first-order valence-electron chi connectivity index (χ1n) is 6.59. The van der Waals surface area contributed by atoms with Gasteiger partial charge in [0, 0.05) is 6.54 Å². The molecule has 2 aromatic rings. The number of nitrogens with zero attached hydrogens (tertiary/aromatic N) is 2. The molecule has 2 rings (SSSR count). The summed E-state index contributed by atoms with van der Waals surface area (Å²) in [5.74, 6) is 0.926. The SMILES string of the molecule is CCCOc1ccc(CNc2nnc(CC)s2)cc1. The van der Waals surface area contributed by atoms with E-state index in [-0.39, 0.29) is 0 Å². The van der Waals surface area contributed by atoms with Gasteiger partial charge in [-0.15, -0.1) is 10.2 Å². The fourth-order valence-electron chi connectivity index (χ4n) is 1.57. The maximum absolute atomic E-state index is 5.55. The van der Waals surface area contributed by atoms with Crippen molar-refractivity contribution in [2.75, 3.05) is 11.9 Å². The molecule has 0 radical (unpaired) electrons. The number of hydrogen-bond acceptors (Lipinski definition) is 5. The zero-order chi connectivity index (χ0) is 13.5. The summed E-state index contributed by atoms with van der Waals surface area (Å²) < 4.78 is 5.55. The largest absolute Gasteiger partial charge is 0.494 e. The molecule has 0 aliphatic heterocycles. The minimum atomic E-state index is 0.756. The molecule has 19 heavy (non-hydrogen) atoms. The van der Waals surface area contributed by atoms with Crippen LogP contribution < -0.4 is 10.1 Å². The Hall–Kier alpha value is -1.62. The molecule has 0 amide bonds. The summed E-state index contributed by atoms with van der Waals surface area (Å²) in [6.07, 6.45) is 1.96. The fourth-order valence-corrected chi connectivity index (χ4v) is 2.24. The summed E-state index contributed by atoms with van der Waals surface area (Å²) in [6.45, 7) is 5.71. The smallest absolute Gasteiger partial charge is 0.205 e. The van der Waals surface area contributed by atoms with E-state index in [1.807, 2.05) is 12.1 Å². The Morgan fingerprint density at radius 2 is 1.95 bits per heavy atom. The van der Waals surface area contributed by atoms with Crippen molar-refractivity contribution in [2.45, 2.75) is 33.2 Å². The van der Waals surface area contributed by atoms with Crippen molar-refractivity contribution < 1.29 is 4.74 Å². The zero-order valence-corrected chi connectivity index (χ0v) is 12.2. The molecule has 0 atom stereocenters. The lowest BCUT2D eigenvalue weighted by Crippen LogP contribution is -1.99. The van der Waals surface area contributed by atoms with E-state index in [4.69, 9.17) is 4.74 Å². The molecule has 102 valence electrons. The molecule has 0 spiro atoms. The summed E-state index contributed by atoms with van der Waals surface area (Å²) in [6, 6.07) is 8.15. The molecule has 0 unspecified atom stereocenters. The third-order valence-electron chi connectivity index (χ3n) is 2.61. The lowest BCUT2D eigenvalue weighted by Gasteiger charge is -2.06. The molecule has 1 aromatic heterocycles. The number of ether oxygens (including phenoxy) is 1. The number of nitrogens with one attached hydrogen (secondary N) is 1. The molecule has 0 bridgehead atoms. The average Bonchev–Trinajstić information content (AvgIpc) is 2.92. The van der Waals surface area contributed by atoms with Crippen molar-refractivity contribution in [1.82, 2.24) is 10.2 Å². The molecule has 0 aliphatic carbocycles. The van der Waals surface area contributed by atoms with Gasteiger partial charge in [0.1, 0.15) is 10.8 Å². The van der Waals surface area contributed by atoms with Gasteiger partial charge in [0.2, 0.25) is 5.13 Å². The van der Waals surface area contributed by atoms with E-state index in [1.165, 1.54) is 5.56 Å². The van der Waals surface area contributed by atoms with Gasteiger partial charge in [-0.3, -0.25) is 0 Å². The van der Waals surface area contributed by atoms with Crippen LogP contribution in [0.25, 0.3) is 0 Å². The molecule has 0 aliphatic rings. The highest BCUT2D eigenvalue weighted by Gasteiger charge is 2.02. The van der Waals surface area contributed by atoms with E-state index < -0.39 is 0 Å². The topological polar surface area (TPSA) is 47.0 Å². The van der Waals surface area contributed by atoms with Gasteiger partial charge in [-0.05, 0) is 30.5 Å². The molecule has 0 saturated carbocycles. The van der Waals surface area contributed by atoms with Crippen LogP contribution in [0, 0.1) is 0 Å². The van der Waals surface area contributed by atoms with E-state index in [9.17, 15) is 0 Å². The third-order valence-corrected chi connectivity index (χ3v) is 3.63. The van der Waals surface area contributed by atoms with Gasteiger partial charge in [-0.1, -0.05) is 37.3 Å². The van der Waals surface area contributed by atoms with Crippen molar-refractivity contribution in [1.29, 1.82) is 0 Å². The highest BCUT2D eigenvalue weighted by Crippen LogP contribution is 2.17. The van der Waals surface area contributed by atoms with Gasteiger partial charge in [0.15, 0.2) is 0 Å². The highest BCUT2D eigenvalue weighted by molar-refractivity contribution is 7.15. The number of rotatable bonds is 7. The van der Waals surface area contributed by atoms with Gasteiger partial charge in [0.05, 0.1) is 6.61 Å². The molecular formula is C14H19N3OS. The molecule has 0 saturated heterocycles. The van der Waals surface area contributed by atoms with Gasteiger partial charge in [0.25, 0.3) is 0 Å². The Bertz CT molecular complexity index is 496. The first kappa shape index (κ1) is 13.8. The van der Waals surface area contributed by atoms with E-state index in [1.54, 1.807) is 11.3 Å². The number of aryl methyl sites for hydroxylation is 1. The van der Waals surface area contributed by atoms with Gasteiger partial charge in [-0.2, -0.15) is 0 Å². The second-order valence-corrected chi connectivity index (χ2v) is 5.26. The van der Waals surface area contributed by atoms with Crippen LogP contribution in [0.1, 0.15) is 30.8 Å². The molecule has 5 heteroatoms. The quantitative estimate of drug-likeness (QED) is 0.841.